The molecule has 31 heavy (non-hydrogen) atoms. The van der Waals surface area contributed by atoms with Crippen LogP contribution in [0.1, 0.15) is 24.8 Å². The van der Waals surface area contributed by atoms with Crippen molar-refractivity contribution in [2.45, 2.75) is 36.7 Å². The molecule has 162 valence electrons. The lowest BCUT2D eigenvalue weighted by atomic mass is 10.0. The topological polar surface area (TPSA) is 87.7 Å². The molecule has 2 aromatic rings. The summed E-state index contributed by atoms with van der Waals surface area (Å²) in [4.78, 5) is 30.4. The third kappa shape index (κ3) is 3.84. The lowest BCUT2D eigenvalue weighted by molar-refractivity contribution is -0.119. The fourth-order valence-corrected chi connectivity index (χ4v) is 5.40. The summed E-state index contributed by atoms with van der Waals surface area (Å²) in [5, 5.41) is 0.413. The normalized spacial score (nSPS) is 24.3. The number of carbonyl (C=O) groups is 1. The number of rotatable bonds is 3. The first kappa shape index (κ1) is 20.2. The van der Waals surface area contributed by atoms with Crippen molar-refractivity contribution in [1.29, 1.82) is 0 Å². The summed E-state index contributed by atoms with van der Waals surface area (Å²) < 4.78 is 26.9. The quantitative estimate of drug-likeness (QED) is 0.733. The average Bonchev–Trinajstić information content (AvgIpc) is 3.22. The molecule has 2 saturated heterocycles. The van der Waals surface area contributed by atoms with Crippen LogP contribution in [0.25, 0.3) is 0 Å². The number of nitrogens with zero attached hydrogens (tertiary/aromatic N) is 5. The number of halogens is 2. The number of alkyl halides is 1. The van der Waals surface area contributed by atoms with Gasteiger partial charge in [0.05, 0.1) is 11.7 Å². The van der Waals surface area contributed by atoms with Crippen molar-refractivity contribution in [3.8, 4) is 0 Å². The highest BCUT2D eigenvalue weighted by atomic mass is 32.2. The predicted octanol–water partition coefficient (Wildman–Crippen LogP) is 2.80. The first-order chi connectivity index (χ1) is 15.0. The molecule has 2 N–H and O–H groups in total. The standard InChI is InChI=1S/C21H22F2N6OS/c22-13-3-6-28(7-4-13)21-25-10-12(11-26-21)19-27-17-5-8-29(20(30)18(17)31-19)14-1-2-15(23)16(24)9-14/h1-2,9-11,13,17-18H,3-8,24H2. The van der Waals surface area contributed by atoms with Crippen molar-refractivity contribution in [2.24, 2.45) is 4.99 Å². The van der Waals surface area contributed by atoms with E-state index in [1.54, 1.807) is 23.4 Å². The van der Waals surface area contributed by atoms with Gasteiger partial charge in [0.2, 0.25) is 11.9 Å². The van der Waals surface area contributed by atoms with Gasteiger partial charge in [-0.2, -0.15) is 0 Å². The number of fused-ring (bicyclic) bond motifs is 1. The molecule has 0 saturated carbocycles. The highest BCUT2D eigenvalue weighted by molar-refractivity contribution is 8.15. The molecule has 10 heteroatoms. The fraction of sp³-hybridized carbons (Fsp3) is 0.429. The van der Waals surface area contributed by atoms with Gasteiger partial charge < -0.3 is 15.5 Å². The Balaban J connectivity index is 1.28. The molecule has 2 fully saturated rings. The van der Waals surface area contributed by atoms with Crippen LogP contribution >= 0.6 is 11.8 Å². The lowest BCUT2D eigenvalue weighted by Gasteiger charge is -2.33. The van der Waals surface area contributed by atoms with Crippen molar-refractivity contribution in [3.63, 3.8) is 0 Å². The Morgan fingerprint density at radius 3 is 2.55 bits per heavy atom. The van der Waals surface area contributed by atoms with Crippen LogP contribution in [-0.2, 0) is 4.79 Å². The number of anilines is 3. The first-order valence-corrected chi connectivity index (χ1v) is 11.2. The molecule has 0 aliphatic carbocycles. The third-order valence-electron chi connectivity index (χ3n) is 5.91. The Morgan fingerprint density at radius 2 is 1.84 bits per heavy atom. The van der Waals surface area contributed by atoms with Gasteiger partial charge >= 0.3 is 0 Å². The van der Waals surface area contributed by atoms with Gasteiger partial charge in [0.15, 0.2) is 0 Å². The second-order valence-corrected chi connectivity index (χ2v) is 9.09. The maximum atomic E-state index is 13.5. The summed E-state index contributed by atoms with van der Waals surface area (Å²) in [6.45, 7) is 1.72. The fourth-order valence-electron chi connectivity index (χ4n) is 4.14. The molecule has 7 nitrogen and oxygen atoms in total. The van der Waals surface area contributed by atoms with E-state index in [9.17, 15) is 13.6 Å². The largest absolute Gasteiger partial charge is 0.396 e. The third-order valence-corrected chi connectivity index (χ3v) is 7.25. The van der Waals surface area contributed by atoms with Gasteiger partial charge in [-0.05, 0) is 37.5 Å². The van der Waals surface area contributed by atoms with Gasteiger partial charge in [-0.1, -0.05) is 11.8 Å². The zero-order valence-corrected chi connectivity index (χ0v) is 17.6. The summed E-state index contributed by atoms with van der Waals surface area (Å²) in [5.41, 5.74) is 7.07. The first-order valence-electron chi connectivity index (χ1n) is 10.3. The highest BCUT2D eigenvalue weighted by Gasteiger charge is 2.42. The number of benzene rings is 1. The maximum Gasteiger partial charge on any atom is 0.242 e. The smallest absolute Gasteiger partial charge is 0.242 e. The summed E-state index contributed by atoms with van der Waals surface area (Å²) in [5.74, 6) is 0.0370. The van der Waals surface area contributed by atoms with Gasteiger partial charge in [-0.25, -0.2) is 18.7 Å². The summed E-state index contributed by atoms with van der Waals surface area (Å²) in [7, 11) is 0. The minimum atomic E-state index is -0.744. The van der Waals surface area contributed by atoms with E-state index in [1.165, 1.54) is 23.9 Å². The minimum absolute atomic E-state index is 0.0245. The Bertz CT molecular complexity index is 1030. The molecule has 0 bridgehead atoms. The van der Waals surface area contributed by atoms with Gasteiger partial charge in [0, 0.05) is 43.3 Å². The van der Waals surface area contributed by atoms with Gasteiger partial charge in [-0.3, -0.25) is 9.79 Å². The Labute approximate surface area is 182 Å². The molecule has 0 radical (unpaired) electrons. The van der Waals surface area contributed by atoms with Crippen LogP contribution in [0.5, 0.6) is 0 Å². The average molecular weight is 445 g/mol. The molecule has 5 rings (SSSR count). The summed E-state index contributed by atoms with van der Waals surface area (Å²) in [6, 6.07) is 4.24. The van der Waals surface area contributed by atoms with Gasteiger partial charge in [0.1, 0.15) is 22.3 Å². The van der Waals surface area contributed by atoms with E-state index in [0.717, 1.165) is 10.6 Å². The van der Waals surface area contributed by atoms with Crippen molar-refractivity contribution < 1.29 is 13.6 Å². The molecule has 3 aliphatic rings. The van der Waals surface area contributed by atoms with Gasteiger partial charge in [0.25, 0.3) is 0 Å². The van der Waals surface area contributed by atoms with E-state index in [-0.39, 0.29) is 22.9 Å². The summed E-state index contributed by atoms with van der Waals surface area (Å²) in [6.07, 6.45) is 4.39. The van der Waals surface area contributed by atoms with E-state index in [2.05, 4.69) is 9.97 Å². The molecule has 2 atom stereocenters. The van der Waals surface area contributed by atoms with Crippen LogP contribution in [0.3, 0.4) is 0 Å². The van der Waals surface area contributed by atoms with Crippen LogP contribution in [-0.4, -0.2) is 58.0 Å². The molecular weight excluding hydrogens is 422 g/mol. The number of nitrogens with two attached hydrogens (primary N) is 1. The lowest BCUT2D eigenvalue weighted by Crippen LogP contribution is -2.48. The molecular formula is C21H22F2N6OS. The highest BCUT2D eigenvalue weighted by Crippen LogP contribution is 2.38. The van der Waals surface area contributed by atoms with Crippen molar-refractivity contribution in [1.82, 2.24) is 9.97 Å². The van der Waals surface area contributed by atoms with Crippen LogP contribution < -0.4 is 15.5 Å². The zero-order chi connectivity index (χ0) is 21.5. The number of thioether (sulfide) groups is 1. The Kier molecular flexibility index (Phi) is 5.25. The molecule has 0 spiro atoms. The van der Waals surface area contributed by atoms with Crippen molar-refractivity contribution >= 4 is 40.0 Å². The Morgan fingerprint density at radius 1 is 1.10 bits per heavy atom. The number of nitrogen functional groups attached to an aromatic ring is 1. The Hall–Kier alpha value is -2.75. The molecule has 1 aromatic heterocycles. The maximum absolute atomic E-state index is 13.5. The minimum Gasteiger partial charge on any atom is -0.396 e. The SMILES string of the molecule is Nc1cc(N2CCC3N=C(c4cnc(N5CCC(F)CC5)nc4)SC3C2=O)ccc1F. The van der Waals surface area contributed by atoms with E-state index in [1.807, 2.05) is 4.90 Å². The number of carbonyl (C=O) groups excluding carboxylic acids is 1. The monoisotopic (exact) mass is 444 g/mol. The van der Waals surface area contributed by atoms with Crippen LogP contribution in [0, 0.1) is 5.82 Å². The van der Waals surface area contributed by atoms with Crippen LogP contribution in [0.2, 0.25) is 0 Å². The molecule has 2 unspecified atom stereocenters. The number of hydrogen-bond acceptors (Lipinski definition) is 7. The molecule has 3 aliphatic heterocycles. The number of aliphatic imine (C=N–C) groups is 1. The summed E-state index contributed by atoms with van der Waals surface area (Å²) >= 11 is 1.41. The second-order valence-electron chi connectivity index (χ2n) is 7.96. The number of aromatic nitrogens is 2. The number of amides is 1. The van der Waals surface area contributed by atoms with E-state index in [4.69, 9.17) is 10.7 Å². The van der Waals surface area contributed by atoms with E-state index < -0.39 is 12.0 Å². The van der Waals surface area contributed by atoms with Crippen molar-refractivity contribution in [3.05, 3.63) is 42.0 Å². The molecule has 4 heterocycles. The van der Waals surface area contributed by atoms with E-state index in [0.29, 0.717) is 50.5 Å². The zero-order valence-electron chi connectivity index (χ0n) is 16.7. The second kappa shape index (κ2) is 8.07. The van der Waals surface area contributed by atoms with Crippen molar-refractivity contribution in [2.75, 3.05) is 35.2 Å². The van der Waals surface area contributed by atoms with E-state index >= 15 is 0 Å². The van der Waals surface area contributed by atoms with Crippen LogP contribution in [0.4, 0.5) is 26.1 Å². The molecule has 1 amide bonds. The number of hydrogen-bond donors (Lipinski definition) is 1. The van der Waals surface area contributed by atoms with Crippen LogP contribution in [0.15, 0.2) is 35.6 Å². The number of piperidine rings is 2. The molecule has 1 aromatic carbocycles. The predicted molar refractivity (Wildman–Crippen MR) is 118 cm³/mol. The van der Waals surface area contributed by atoms with Gasteiger partial charge in [-0.15, -0.1) is 0 Å².